The van der Waals surface area contributed by atoms with Crippen LogP contribution in [0.15, 0.2) is 12.3 Å². The number of nitrogens with zero attached hydrogens (tertiary/aromatic N) is 4. The minimum absolute atomic E-state index is 0.274. The predicted molar refractivity (Wildman–Crippen MR) is 76.5 cm³/mol. The number of carbonyl (C=O) groups excluding carboxylic acids is 1. The number of aromatic nitrogens is 2. The second-order valence-electron chi connectivity index (χ2n) is 5.76. The van der Waals surface area contributed by atoms with Crippen LogP contribution in [0.4, 0.5) is 16.3 Å². The molecular weight excluding hydrogens is 258 g/mol. The molecule has 2 N–H and O–H groups in total. The lowest BCUT2D eigenvalue weighted by molar-refractivity contribution is 0.0240. The molecule has 1 aromatic rings. The Balaban J connectivity index is 1.93. The van der Waals surface area contributed by atoms with Crippen LogP contribution in [0.5, 0.6) is 0 Å². The van der Waals surface area contributed by atoms with Gasteiger partial charge in [-0.1, -0.05) is 0 Å². The van der Waals surface area contributed by atoms with E-state index in [2.05, 4.69) is 10.2 Å². The third kappa shape index (κ3) is 3.49. The van der Waals surface area contributed by atoms with E-state index in [-0.39, 0.29) is 6.09 Å². The van der Waals surface area contributed by atoms with Crippen LogP contribution >= 0.6 is 0 Å². The monoisotopic (exact) mass is 279 g/mol. The van der Waals surface area contributed by atoms with Gasteiger partial charge in [0.05, 0.1) is 11.9 Å². The molecule has 0 atom stereocenters. The fourth-order valence-electron chi connectivity index (χ4n) is 2.01. The van der Waals surface area contributed by atoms with Crippen LogP contribution < -0.4 is 10.6 Å². The fourth-order valence-corrected chi connectivity index (χ4v) is 2.01. The minimum atomic E-state index is -0.469. The quantitative estimate of drug-likeness (QED) is 0.829. The highest BCUT2D eigenvalue weighted by Gasteiger charge is 2.26. The number of carbonyl (C=O) groups is 1. The lowest BCUT2D eigenvalue weighted by Crippen LogP contribution is -2.50. The number of amides is 1. The van der Waals surface area contributed by atoms with Crippen molar-refractivity contribution in [1.29, 1.82) is 0 Å². The summed E-state index contributed by atoms with van der Waals surface area (Å²) < 4.78 is 5.36. The molecule has 0 unspecified atom stereocenters. The molecule has 110 valence electrons. The maximum absolute atomic E-state index is 12.0. The van der Waals surface area contributed by atoms with Crippen LogP contribution in [-0.4, -0.2) is 53.0 Å². The van der Waals surface area contributed by atoms with Crippen LogP contribution in [0, 0.1) is 0 Å². The number of piperazine rings is 1. The van der Waals surface area contributed by atoms with E-state index in [0.29, 0.717) is 37.7 Å². The summed E-state index contributed by atoms with van der Waals surface area (Å²) in [5.41, 5.74) is 6.01. The van der Waals surface area contributed by atoms with Gasteiger partial charge in [0, 0.05) is 26.2 Å². The molecule has 0 aromatic carbocycles. The van der Waals surface area contributed by atoms with Crippen LogP contribution in [0.25, 0.3) is 0 Å². The number of nitrogen functional groups attached to an aromatic ring is 1. The predicted octanol–water partition coefficient (Wildman–Crippen LogP) is 1.12. The maximum Gasteiger partial charge on any atom is 0.410 e. The van der Waals surface area contributed by atoms with Gasteiger partial charge in [-0.05, 0) is 26.8 Å². The van der Waals surface area contributed by atoms with Crippen LogP contribution in [-0.2, 0) is 4.74 Å². The van der Waals surface area contributed by atoms with E-state index >= 15 is 0 Å². The van der Waals surface area contributed by atoms with Gasteiger partial charge < -0.3 is 20.3 Å². The Hall–Kier alpha value is -2.05. The second kappa shape index (κ2) is 5.52. The van der Waals surface area contributed by atoms with Crippen molar-refractivity contribution in [2.24, 2.45) is 0 Å². The first-order valence-corrected chi connectivity index (χ1v) is 6.67. The van der Waals surface area contributed by atoms with E-state index < -0.39 is 5.60 Å². The lowest BCUT2D eigenvalue weighted by atomic mass is 10.2. The van der Waals surface area contributed by atoms with Crippen molar-refractivity contribution < 1.29 is 9.53 Å². The second-order valence-corrected chi connectivity index (χ2v) is 5.76. The van der Waals surface area contributed by atoms with Crippen molar-refractivity contribution in [3.63, 3.8) is 0 Å². The van der Waals surface area contributed by atoms with E-state index in [9.17, 15) is 4.79 Å². The molecule has 1 aliphatic rings. The highest BCUT2D eigenvalue weighted by atomic mass is 16.6. The number of nitrogens with two attached hydrogens (primary N) is 1. The van der Waals surface area contributed by atoms with E-state index in [4.69, 9.17) is 10.5 Å². The van der Waals surface area contributed by atoms with Crippen molar-refractivity contribution >= 4 is 17.6 Å². The minimum Gasteiger partial charge on any atom is -0.444 e. The van der Waals surface area contributed by atoms with Crippen LogP contribution in [0.3, 0.4) is 0 Å². The molecule has 1 aliphatic heterocycles. The number of rotatable bonds is 1. The summed E-state index contributed by atoms with van der Waals surface area (Å²) in [6.45, 7) is 8.10. The molecule has 0 aliphatic carbocycles. The Morgan fingerprint density at radius 3 is 2.50 bits per heavy atom. The van der Waals surface area contributed by atoms with Gasteiger partial charge in [0.1, 0.15) is 5.60 Å². The Morgan fingerprint density at radius 1 is 1.30 bits per heavy atom. The van der Waals surface area contributed by atoms with Gasteiger partial charge >= 0.3 is 6.09 Å². The SMILES string of the molecule is CC(C)(C)OC(=O)N1CCN(c2nnccc2N)CC1. The van der Waals surface area contributed by atoms with Gasteiger partial charge in [0.15, 0.2) is 5.82 Å². The number of anilines is 2. The van der Waals surface area contributed by atoms with Gasteiger partial charge in [0.25, 0.3) is 0 Å². The Morgan fingerprint density at radius 2 is 1.95 bits per heavy atom. The molecule has 1 saturated heterocycles. The average Bonchev–Trinajstić information content (AvgIpc) is 2.37. The molecule has 2 rings (SSSR count). The molecule has 20 heavy (non-hydrogen) atoms. The summed E-state index contributed by atoms with van der Waals surface area (Å²) in [6.07, 6.45) is 1.29. The van der Waals surface area contributed by atoms with Crippen molar-refractivity contribution in [1.82, 2.24) is 15.1 Å². The van der Waals surface area contributed by atoms with Gasteiger partial charge in [-0.25, -0.2) is 4.79 Å². The zero-order valence-corrected chi connectivity index (χ0v) is 12.2. The van der Waals surface area contributed by atoms with Crippen molar-refractivity contribution in [3.05, 3.63) is 12.3 Å². The normalized spacial score (nSPS) is 16.1. The standard InChI is InChI=1S/C13H21N5O2/c1-13(2,3)20-12(19)18-8-6-17(7-9-18)11-10(14)4-5-15-16-11/h4-5H,6-9H2,1-3H3,(H2,14,15). The summed E-state index contributed by atoms with van der Waals surface area (Å²) in [5.74, 6) is 0.677. The Kier molecular flexibility index (Phi) is 3.96. The van der Waals surface area contributed by atoms with E-state index in [0.717, 1.165) is 0 Å². The Labute approximate surface area is 118 Å². The maximum atomic E-state index is 12.0. The lowest BCUT2D eigenvalue weighted by Gasteiger charge is -2.36. The molecule has 1 aromatic heterocycles. The summed E-state index contributed by atoms with van der Waals surface area (Å²) >= 11 is 0. The van der Waals surface area contributed by atoms with E-state index in [1.807, 2.05) is 25.7 Å². The van der Waals surface area contributed by atoms with Gasteiger partial charge in [-0.3, -0.25) is 0 Å². The third-order valence-corrected chi connectivity index (χ3v) is 2.96. The van der Waals surface area contributed by atoms with Gasteiger partial charge in [-0.15, -0.1) is 5.10 Å². The van der Waals surface area contributed by atoms with Crippen molar-refractivity contribution in [2.45, 2.75) is 26.4 Å². The number of hydrogen-bond acceptors (Lipinski definition) is 6. The molecule has 0 spiro atoms. The highest BCUT2D eigenvalue weighted by molar-refractivity contribution is 5.69. The number of hydrogen-bond donors (Lipinski definition) is 1. The first kappa shape index (κ1) is 14.4. The highest BCUT2D eigenvalue weighted by Crippen LogP contribution is 2.20. The molecule has 0 radical (unpaired) electrons. The number of ether oxygens (including phenoxy) is 1. The fraction of sp³-hybridized carbons (Fsp3) is 0.615. The molecule has 2 heterocycles. The van der Waals surface area contributed by atoms with Gasteiger partial charge in [-0.2, -0.15) is 5.10 Å². The summed E-state index contributed by atoms with van der Waals surface area (Å²) in [5, 5.41) is 7.89. The first-order chi connectivity index (χ1) is 9.37. The van der Waals surface area contributed by atoms with Crippen LogP contribution in [0.1, 0.15) is 20.8 Å². The Bertz CT molecular complexity index is 478. The smallest absolute Gasteiger partial charge is 0.410 e. The van der Waals surface area contributed by atoms with Crippen LogP contribution in [0.2, 0.25) is 0 Å². The largest absolute Gasteiger partial charge is 0.444 e. The zero-order valence-electron chi connectivity index (χ0n) is 12.2. The molecule has 0 saturated carbocycles. The molecule has 1 amide bonds. The van der Waals surface area contributed by atoms with Crippen molar-refractivity contribution in [3.8, 4) is 0 Å². The summed E-state index contributed by atoms with van der Waals surface area (Å²) in [6, 6.07) is 1.72. The van der Waals surface area contributed by atoms with E-state index in [1.54, 1.807) is 17.2 Å². The molecule has 7 nitrogen and oxygen atoms in total. The molecule has 7 heteroatoms. The summed E-state index contributed by atoms with van der Waals surface area (Å²) in [7, 11) is 0. The zero-order chi connectivity index (χ0) is 14.8. The molecule has 0 bridgehead atoms. The molecular formula is C13H21N5O2. The van der Waals surface area contributed by atoms with Crippen molar-refractivity contribution in [2.75, 3.05) is 36.8 Å². The molecule has 1 fully saturated rings. The summed E-state index contributed by atoms with van der Waals surface area (Å²) in [4.78, 5) is 15.7. The van der Waals surface area contributed by atoms with E-state index in [1.165, 1.54) is 0 Å². The first-order valence-electron chi connectivity index (χ1n) is 6.67. The third-order valence-electron chi connectivity index (χ3n) is 2.96. The average molecular weight is 279 g/mol. The topological polar surface area (TPSA) is 84.6 Å². The van der Waals surface area contributed by atoms with Gasteiger partial charge in [0.2, 0.25) is 0 Å².